The molecule has 2 nitrogen and oxygen atoms in total. The van der Waals surface area contributed by atoms with E-state index in [0.717, 1.165) is 23.1 Å². The van der Waals surface area contributed by atoms with Gasteiger partial charge < -0.3 is 5.73 Å². The Balaban J connectivity index is 3.49. The molecule has 0 saturated heterocycles. The molecule has 19 heavy (non-hydrogen) atoms. The fraction of sp³-hybridized carbons (Fsp3) is 0.400. The van der Waals surface area contributed by atoms with Gasteiger partial charge >= 0.3 is 0 Å². The van der Waals surface area contributed by atoms with Crippen molar-refractivity contribution in [2.24, 2.45) is 5.73 Å². The highest BCUT2D eigenvalue weighted by atomic mass is 35.5. The molecule has 0 spiro atoms. The van der Waals surface area contributed by atoms with E-state index in [0.29, 0.717) is 10.2 Å². The zero-order valence-corrected chi connectivity index (χ0v) is 13.3. The molecule has 0 radical (unpaired) electrons. The van der Waals surface area contributed by atoms with Crippen molar-refractivity contribution in [1.82, 2.24) is 4.98 Å². The van der Waals surface area contributed by atoms with Crippen LogP contribution in [0.4, 0.5) is 0 Å². The Morgan fingerprint density at radius 2 is 2.05 bits per heavy atom. The Labute approximate surface area is 125 Å². The van der Waals surface area contributed by atoms with E-state index in [4.69, 9.17) is 28.9 Å². The van der Waals surface area contributed by atoms with Crippen LogP contribution in [-0.2, 0) is 0 Å². The first-order valence-electron chi connectivity index (χ1n) is 6.28. The number of nitrogens with two attached hydrogens (primary N) is 1. The minimum Gasteiger partial charge on any atom is -0.322 e. The highest BCUT2D eigenvalue weighted by Gasteiger charge is 2.22. The molecule has 0 atom stereocenters. The number of aromatic nitrogens is 1. The number of rotatable bonds is 4. The van der Waals surface area contributed by atoms with Gasteiger partial charge in [0.1, 0.15) is 5.15 Å². The van der Waals surface area contributed by atoms with Crippen LogP contribution >= 0.6 is 23.2 Å². The van der Waals surface area contributed by atoms with Crippen LogP contribution in [0.3, 0.4) is 0 Å². The predicted octanol–water partition coefficient (Wildman–Crippen LogP) is 4.87. The third-order valence-electron chi connectivity index (χ3n) is 2.78. The van der Waals surface area contributed by atoms with Gasteiger partial charge in [-0.25, -0.2) is 4.98 Å². The molecule has 4 heteroatoms. The molecule has 1 aromatic heterocycles. The van der Waals surface area contributed by atoms with Crippen LogP contribution in [0.2, 0.25) is 5.15 Å². The lowest BCUT2D eigenvalue weighted by Gasteiger charge is -2.25. The molecule has 0 aliphatic heterocycles. The van der Waals surface area contributed by atoms with Crippen molar-refractivity contribution in [1.29, 1.82) is 0 Å². The molecule has 2 N–H and O–H groups in total. The summed E-state index contributed by atoms with van der Waals surface area (Å²) in [5.74, 6) is 0. The van der Waals surface area contributed by atoms with Crippen LogP contribution in [0.15, 0.2) is 24.4 Å². The highest BCUT2D eigenvalue weighted by molar-refractivity contribution is 6.49. The summed E-state index contributed by atoms with van der Waals surface area (Å²) in [6.45, 7) is 7.91. The lowest BCUT2D eigenvalue weighted by atomic mass is 9.87. The SMILES string of the molecule is C/C=C(\c1cc(Cl)ncc1/C(Cl)=C/CC)C(C)(C)N. The maximum absolute atomic E-state index is 6.32. The van der Waals surface area contributed by atoms with E-state index in [1.54, 1.807) is 6.20 Å². The quantitative estimate of drug-likeness (QED) is 0.806. The number of nitrogens with zero attached hydrogens (tertiary/aromatic N) is 1. The van der Waals surface area contributed by atoms with E-state index in [1.807, 2.05) is 45.9 Å². The summed E-state index contributed by atoms with van der Waals surface area (Å²) >= 11 is 12.3. The fourth-order valence-electron chi connectivity index (χ4n) is 2.01. The second kappa shape index (κ2) is 6.56. The van der Waals surface area contributed by atoms with Gasteiger partial charge in [0.2, 0.25) is 0 Å². The molecule has 0 aliphatic carbocycles. The molecule has 0 saturated carbocycles. The Hall–Kier alpha value is -0.830. The minimum absolute atomic E-state index is 0.434. The van der Waals surface area contributed by atoms with Crippen molar-refractivity contribution in [2.45, 2.75) is 39.7 Å². The Morgan fingerprint density at radius 1 is 1.42 bits per heavy atom. The molecule has 0 aromatic carbocycles. The van der Waals surface area contributed by atoms with E-state index < -0.39 is 5.54 Å². The van der Waals surface area contributed by atoms with E-state index in [1.165, 1.54) is 0 Å². The fourth-order valence-corrected chi connectivity index (χ4v) is 2.47. The van der Waals surface area contributed by atoms with Gasteiger partial charge in [-0.3, -0.25) is 0 Å². The van der Waals surface area contributed by atoms with Crippen LogP contribution in [0.5, 0.6) is 0 Å². The lowest BCUT2D eigenvalue weighted by Crippen LogP contribution is -2.33. The van der Waals surface area contributed by atoms with Crippen molar-refractivity contribution < 1.29 is 0 Å². The largest absolute Gasteiger partial charge is 0.322 e. The maximum atomic E-state index is 6.32. The third-order valence-corrected chi connectivity index (χ3v) is 3.35. The number of pyridine rings is 1. The van der Waals surface area contributed by atoms with Gasteiger partial charge in [-0.15, -0.1) is 0 Å². The molecule has 1 aromatic rings. The van der Waals surface area contributed by atoms with Crippen LogP contribution in [0.25, 0.3) is 10.6 Å². The van der Waals surface area contributed by atoms with Gasteiger partial charge in [0.15, 0.2) is 0 Å². The molecule has 0 fully saturated rings. The Bertz CT molecular complexity index is 511. The number of halogens is 2. The van der Waals surface area contributed by atoms with Crippen LogP contribution in [0.1, 0.15) is 45.2 Å². The first-order chi connectivity index (χ1) is 8.81. The van der Waals surface area contributed by atoms with Gasteiger partial charge in [0, 0.05) is 22.3 Å². The van der Waals surface area contributed by atoms with E-state index in [-0.39, 0.29) is 0 Å². The van der Waals surface area contributed by atoms with E-state index in [2.05, 4.69) is 4.98 Å². The maximum Gasteiger partial charge on any atom is 0.129 e. The van der Waals surface area contributed by atoms with Gasteiger partial charge in [0.25, 0.3) is 0 Å². The number of hydrogen-bond acceptors (Lipinski definition) is 2. The molecule has 0 bridgehead atoms. The summed E-state index contributed by atoms with van der Waals surface area (Å²) in [7, 11) is 0. The smallest absolute Gasteiger partial charge is 0.129 e. The molecular formula is C15H20Cl2N2. The molecule has 0 aliphatic rings. The molecule has 1 heterocycles. The summed E-state index contributed by atoms with van der Waals surface area (Å²) < 4.78 is 0. The van der Waals surface area contributed by atoms with Gasteiger partial charge in [0.05, 0.1) is 0 Å². The lowest BCUT2D eigenvalue weighted by molar-refractivity contribution is 0.674. The zero-order valence-electron chi connectivity index (χ0n) is 11.8. The summed E-state index contributed by atoms with van der Waals surface area (Å²) in [6, 6.07) is 1.81. The monoisotopic (exact) mass is 298 g/mol. The van der Waals surface area contributed by atoms with Crippen molar-refractivity contribution in [2.75, 3.05) is 0 Å². The predicted molar refractivity (Wildman–Crippen MR) is 85.3 cm³/mol. The van der Waals surface area contributed by atoms with Crippen molar-refractivity contribution in [3.05, 3.63) is 40.7 Å². The minimum atomic E-state index is -0.475. The Kier molecular flexibility index (Phi) is 5.60. The summed E-state index contributed by atoms with van der Waals surface area (Å²) in [5.41, 5.74) is 8.54. The second-order valence-electron chi connectivity index (χ2n) is 4.94. The van der Waals surface area contributed by atoms with Gasteiger partial charge in [-0.05, 0) is 44.4 Å². The van der Waals surface area contributed by atoms with Crippen LogP contribution in [0, 0.1) is 0 Å². The van der Waals surface area contributed by atoms with Gasteiger partial charge in [-0.1, -0.05) is 42.3 Å². The third kappa shape index (κ3) is 4.07. The van der Waals surface area contributed by atoms with Crippen molar-refractivity contribution >= 4 is 33.8 Å². The summed E-state index contributed by atoms with van der Waals surface area (Å²) in [4.78, 5) is 4.11. The van der Waals surface area contributed by atoms with E-state index in [9.17, 15) is 0 Å². The van der Waals surface area contributed by atoms with Crippen molar-refractivity contribution in [3.63, 3.8) is 0 Å². The zero-order chi connectivity index (χ0) is 14.6. The highest BCUT2D eigenvalue weighted by Crippen LogP contribution is 2.33. The summed E-state index contributed by atoms with van der Waals surface area (Å²) in [5, 5.41) is 1.11. The van der Waals surface area contributed by atoms with Crippen molar-refractivity contribution in [3.8, 4) is 0 Å². The second-order valence-corrected chi connectivity index (χ2v) is 5.73. The molecule has 0 amide bonds. The van der Waals surface area contributed by atoms with Crippen LogP contribution in [-0.4, -0.2) is 10.5 Å². The first kappa shape index (κ1) is 16.2. The van der Waals surface area contributed by atoms with E-state index >= 15 is 0 Å². The number of allylic oxidation sites excluding steroid dienone is 2. The molecule has 1 rings (SSSR count). The first-order valence-corrected chi connectivity index (χ1v) is 7.04. The molecule has 104 valence electrons. The Morgan fingerprint density at radius 3 is 2.53 bits per heavy atom. The van der Waals surface area contributed by atoms with Crippen LogP contribution < -0.4 is 5.73 Å². The van der Waals surface area contributed by atoms with Gasteiger partial charge in [-0.2, -0.15) is 0 Å². The standard InChI is InChI=1S/C15H20Cl2N2/c1-5-7-13(16)11-9-19-14(17)8-10(11)12(6-2)15(3,4)18/h6-9H,5,18H2,1-4H3/b12-6+,13-7-. The average Bonchev–Trinajstić information content (AvgIpc) is 2.28. The average molecular weight is 299 g/mol. The number of hydrogen-bond donors (Lipinski definition) is 1. The normalized spacial score (nSPS) is 13.8. The molecular weight excluding hydrogens is 279 g/mol. The molecule has 0 unspecified atom stereocenters. The summed E-state index contributed by atoms with van der Waals surface area (Å²) in [6.07, 6.45) is 6.50. The topological polar surface area (TPSA) is 38.9 Å².